The van der Waals surface area contributed by atoms with E-state index in [2.05, 4.69) is 13.2 Å². The summed E-state index contributed by atoms with van der Waals surface area (Å²) in [6.07, 6.45) is 3.42. The first-order chi connectivity index (χ1) is 3.41. The van der Waals surface area contributed by atoms with Crippen molar-refractivity contribution in [3.8, 4) is 0 Å². The van der Waals surface area contributed by atoms with Gasteiger partial charge in [0.2, 0.25) is 0 Å². The minimum absolute atomic E-state index is 0. The second-order valence-corrected chi connectivity index (χ2v) is 1.11. The molecule has 1 nitrogen and oxygen atoms in total. The van der Waals surface area contributed by atoms with Crippen molar-refractivity contribution in [1.29, 1.82) is 0 Å². The van der Waals surface area contributed by atoms with Crippen LogP contribution >= 0.6 is 0 Å². The van der Waals surface area contributed by atoms with Crippen LogP contribution in [0.25, 0.3) is 0 Å². The van der Waals surface area contributed by atoms with E-state index in [0.29, 0.717) is 13.2 Å². The van der Waals surface area contributed by atoms with Crippen LogP contribution in [0.4, 0.5) is 0 Å². The molecule has 2 heteroatoms. The van der Waals surface area contributed by atoms with Crippen LogP contribution in [0, 0.1) is 0 Å². The van der Waals surface area contributed by atoms with Gasteiger partial charge in [-0.05, 0) is 0 Å². The number of rotatable bonds is 4. The predicted molar refractivity (Wildman–Crippen MR) is 31.2 cm³/mol. The normalized spacial score (nSPS) is 7.00. The Labute approximate surface area is 64.7 Å². The van der Waals surface area contributed by atoms with Gasteiger partial charge in [-0.1, -0.05) is 12.2 Å². The molecule has 0 saturated heterocycles. The molecule has 0 spiro atoms. The third kappa shape index (κ3) is 9.46. The molecule has 0 aliphatic rings. The molecule has 0 aliphatic heterocycles. The number of hydrogen-bond donors (Lipinski definition) is 0. The smallest absolute Gasteiger partial charge is 0.0649 e. The third-order valence-electron chi connectivity index (χ3n) is 0.471. The minimum atomic E-state index is 0. The molecule has 0 radical (unpaired) electrons. The first-order valence-corrected chi connectivity index (χ1v) is 2.21. The molecule has 0 aromatic carbocycles. The fraction of sp³-hybridized carbons (Fsp3) is 0.333. The van der Waals surface area contributed by atoms with Crippen LogP contribution in [0.5, 0.6) is 0 Å². The van der Waals surface area contributed by atoms with Crippen molar-refractivity contribution < 1.29 is 25.8 Å². The van der Waals surface area contributed by atoms with Gasteiger partial charge in [-0.3, -0.25) is 0 Å². The average Bonchev–Trinajstić information content (AvgIpc) is 1.69. The second kappa shape index (κ2) is 10.2. The molecule has 0 aromatic rings. The number of ether oxygens (including phenoxy) is 1. The van der Waals surface area contributed by atoms with E-state index < -0.39 is 0 Å². The third-order valence-corrected chi connectivity index (χ3v) is 0.471. The second-order valence-electron chi connectivity index (χ2n) is 1.11. The van der Waals surface area contributed by atoms with Gasteiger partial charge in [0.05, 0.1) is 13.2 Å². The van der Waals surface area contributed by atoms with E-state index >= 15 is 0 Å². The van der Waals surface area contributed by atoms with Crippen molar-refractivity contribution in [3.05, 3.63) is 25.3 Å². The Morgan fingerprint density at radius 2 is 1.50 bits per heavy atom. The van der Waals surface area contributed by atoms with E-state index in [9.17, 15) is 0 Å². The SMILES string of the molecule is C=CCOCC=C.[W]. The summed E-state index contributed by atoms with van der Waals surface area (Å²) in [6.45, 7) is 8.18. The summed E-state index contributed by atoms with van der Waals surface area (Å²) in [5.74, 6) is 0. The quantitative estimate of drug-likeness (QED) is 0.559. The summed E-state index contributed by atoms with van der Waals surface area (Å²) in [6, 6.07) is 0. The van der Waals surface area contributed by atoms with Crippen LogP contribution in [0.1, 0.15) is 0 Å². The summed E-state index contributed by atoms with van der Waals surface area (Å²) in [4.78, 5) is 0. The molecule has 0 bridgehead atoms. The Bertz CT molecular complexity index is 53.5. The van der Waals surface area contributed by atoms with Gasteiger partial charge in [-0.2, -0.15) is 0 Å². The Kier molecular flexibility index (Phi) is 14.0. The molecule has 46 valence electrons. The standard InChI is InChI=1S/C6H10O.W/c1-3-5-7-6-4-2;/h3-4H,1-2,5-6H2;. The average molecular weight is 282 g/mol. The van der Waals surface area contributed by atoms with Crippen LogP contribution in [0.2, 0.25) is 0 Å². The zero-order valence-corrected chi connectivity index (χ0v) is 7.73. The summed E-state index contributed by atoms with van der Waals surface area (Å²) in [7, 11) is 0. The van der Waals surface area contributed by atoms with Crippen molar-refractivity contribution in [2.24, 2.45) is 0 Å². The zero-order valence-electron chi connectivity index (χ0n) is 4.80. The Balaban J connectivity index is 0. The van der Waals surface area contributed by atoms with Crippen LogP contribution in [-0.4, -0.2) is 13.2 Å². The van der Waals surface area contributed by atoms with Gasteiger partial charge in [0, 0.05) is 21.1 Å². The molecular formula is C6H10OW. The molecule has 0 unspecified atom stereocenters. The van der Waals surface area contributed by atoms with Crippen LogP contribution in [0.15, 0.2) is 25.3 Å². The maximum absolute atomic E-state index is 4.90. The zero-order chi connectivity index (χ0) is 5.54. The van der Waals surface area contributed by atoms with Crippen molar-refractivity contribution in [1.82, 2.24) is 0 Å². The van der Waals surface area contributed by atoms with Gasteiger partial charge in [0.15, 0.2) is 0 Å². The predicted octanol–water partition coefficient (Wildman–Crippen LogP) is 1.37. The Morgan fingerprint density at radius 1 is 1.12 bits per heavy atom. The van der Waals surface area contributed by atoms with Crippen LogP contribution < -0.4 is 0 Å². The molecule has 0 N–H and O–H groups in total. The van der Waals surface area contributed by atoms with E-state index in [0.717, 1.165) is 0 Å². The van der Waals surface area contributed by atoms with Gasteiger partial charge in [0.1, 0.15) is 0 Å². The van der Waals surface area contributed by atoms with E-state index in [-0.39, 0.29) is 21.1 Å². The molecular weight excluding hydrogens is 272 g/mol. The largest absolute Gasteiger partial charge is 0.373 e. The first-order valence-electron chi connectivity index (χ1n) is 2.21. The van der Waals surface area contributed by atoms with E-state index in [1.165, 1.54) is 0 Å². The van der Waals surface area contributed by atoms with Crippen molar-refractivity contribution >= 4 is 0 Å². The Hall–Kier alpha value is 0.128. The monoisotopic (exact) mass is 282 g/mol. The van der Waals surface area contributed by atoms with Gasteiger partial charge in [-0.15, -0.1) is 13.2 Å². The molecule has 0 saturated carbocycles. The molecule has 8 heavy (non-hydrogen) atoms. The van der Waals surface area contributed by atoms with E-state index in [1.807, 2.05) is 0 Å². The minimum Gasteiger partial charge on any atom is -0.373 e. The van der Waals surface area contributed by atoms with Crippen molar-refractivity contribution in [2.45, 2.75) is 0 Å². The molecule has 0 atom stereocenters. The van der Waals surface area contributed by atoms with Crippen LogP contribution in [-0.2, 0) is 25.8 Å². The molecule has 0 rings (SSSR count). The van der Waals surface area contributed by atoms with E-state index in [1.54, 1.807) is 12.2 Å². The number of hydrogen-bond acceptors (Lipinski definition) is 1. The van der Waals surface area contributed by atoms with Gasteiger partial charge >= 0.3 is 0 Å². The summed E-state index contributed by atoms with van der Waals surface area (Å²) in [5.41, 5.74) is 0. The van der Waals surface area contributed by atoms with Crippen molar-refractivity contribution in [3.63, 3.8) is 0 Å². The van der Waals surface area contributed by atoms with Crippen LogP contribution in [0.3, 0.4) is 0 Å². The summed E-state index contributed by atoms with van der Waals surface area (Å²) in [5, 5.41) is 0. The maximum atomic E-state index is 4.90. The molecule has 0 heterocycles. The van der Waals surface area contributed by atoms with E-state index in [4.69, 9.17) is 4.74 Å². The van der Waals surface area contributed by atoms with Gasteiger partial charge in [0.25, 0.3) is 0 Å². The van der Waals surface area contributed by atoms with Crippen molar-refractivity contribution in [2.75, 3.05) is 13.2 Å². The molecule has 0 aromatic heterocycles. The molecule has 0 fully saturated rings. The van der Waals surface area contributed by atoms with Gasteiger partial charge < -0.3 is 4.74 Å². The summed E-state index contributed by atoms with van der Waals surface area (Å²) >= 11 is 0. The Morgan fingerprint density at radius 3 is 1.75 bits per heavy atom. The first kappa shape index (κ1) is 11.0. The summed E-state index contributed by atoms with van der Waals surface area (Å²) < 4.78 is 4.90. The molecule has 0 aliphatic carbocycles. The fourth-order valence-corrected chi connectivity index (χ4v) is 0.235. The van der Waals surface area contributed by atoms with Gasteiger partial charge in [-0.25, -0.2) is 0 Å². The topological polar surface area (TPSA) is 9.23 Å². The molecule has 0 amide bonds. The fourth-order valence-electron chi connectivity index (χ4n) is 0.235. The maximum Gasteiger partial charge on any atom is 0.0649 e.